The number of hydrogen-bond donors (Lipinski definition) is 0. The van der Waals surface area contributed by atoms with E-state index in [4.69, 9.17) is 39.7 Å². The molecule has 34 heavy (non-hydrogen) atoms. The molecular formula is C25H25ClO8. The summed E-state index contributed by atoms with van der Waals surface area (Å²) in [5.74, 6) is 1.24. The lowest BCUT2D eigenvalue weighted by Crippen LogP contribution is -2.37. The third-order valence-corrected chi connectivity index (χ3v) is 6.06. The van der Waals surface area contributed by atoms with Crippen LogP contribution in [0.2, 0.25) is 5.02 Å². The number of esters is 1. The summed E-state index contributed by atoms with van der Waals surface area (Å²) in [6, 6.07) is 9.83. The first-order valence-electron chi connectivity index (χ1n) is 10.8. The van der Waals surface area contributed by atoms with E-state index in [2.05, 4.69) is 0 Å². The number of halogens is 1. The monoisotopic (exact) mass is 488 g/mol. The van der Waals surface area contributed by atoms with Gasteiger partial charge < -0.3 is 28.1 Å². The summed E-state index contributed by atoms with van der Waals surface area (Å²) < 4.78 is 33.3. The molecular weight excluding hydrogens is 464 g/mol. The van der Waals surface area contributed by atoms with Gasteiger partial charge in [-0.05, 0) is 37.1 Å². The molecule has 0 bridgehead atoms. The lowest BCUT2D eigenvalue weighted by molar-refractivity contribution is -0.155. The van der Waals surface area contributed by atoms with Crippen LogP contribution in [0.15, 0.2) is 45.6 Å². The fourth-order valence-corrected chi connectivity index (χ4v) is 4.10. The highest BCUT2D eigenvalue weighted by atomic mass is 35.5. The highest BCUT2D eigenvalue weighted by Crippen LogP contribution is 2.42. The SMILES string of the molecule is COC(=O)C1CC(OCCOc2cc(-c3cc(=O)c4cccc(Cl)c4o3)cc(OC)c2OC)C1. The first-order valence-corrected chi connectivity index (χ1v) is 11.1. The average molecular weight is 489 g/mol. The Bertz CT molecular complexity index is 1250. The summed E-state index contributed by atoms with van der Waals surface area (Å²) in [6.07, 6.45) is 1.29. The Morgan fingerprint density at radius 2 is 1.82 bits per heavy atom. The third-order valence-electron chi connectivity index (χ3n) is 5.76. The van der Waals surface area contributed by atoms with Gasteiger partial charge in [-0.1, -0.05) is 17.7 Å². The van der Waals surface area contributed by atoms with Crippen LogP contribution in [0.4, 0.5) is 0 Å². The normalized spacial score (nSPS) is 17.2. The molecule has 1 aliphatic carbocycles. The molecule has 4 rings (SSSR count). The summed E-state index contributed by atoms with van der Waals surface area (Å²) in [7, 11) is 4.41. The van der Waals surface area contributed by atoms with E-state index >= 15 is 0 Å². The molecule has 0 radical (unpaired) electrons. The molecule has 0 amide bonds. The van der Waals surface area contributed by atoms with E-state index in [-0.39, 0.29) is 30.0 Å². The number of carbonyl (C=O) groups is 1. The summed E-state index contributed by atoms with van der Waals surface area (Å²) >= 11 is 6.25. The van der Waals surface area contributed by atoms with E-state index in [1.807, 2.05) is 0 Å². The summed E-state index contributed by atoms with van der Waals surface area (Å²) in [5, 5.41) is 0.742. The van der Waals surface area contributed by atoms with Gasteiger partial charge >= 0.3 is 5.97 Å². The first-order chi connectivity index (χ1) is 16.4. The Balaban J connectivity index is 1.52. The summed E-state index contributed by atoms with van der Waals surface area (Å²) in [6.45, 7) is 0.574. The van der Waals surface area contributed by atoms with Gasteiger partial charge in [0.1, 0.15) is 12.4 Å². The summed E-state index contributed by atoms with van der Waals surface area (Å²) in [5.41, 5.74) is 0.658. The van der Waals surface area contributed by atoms with Crippen LogP contribution in [-0.4, -0.2) is 46.6 Å². The van der Waals surface area contributed by atoms with Crippen LogP contribution >= 0.6 is 11.6 Å². The average Bonchev–Trinajstić information content (AvgIpc) is 2.82. The molecule has 1 aliphatic rings. The number of fused-ring (bicyclic) bond motifs is 1. The van der Waals surface area contributed by atoms with Crippen molar-refractivity contribution in [1.29, 1.82) is 0 Å². The minimum absolute atomic E-state index is 0.00656. The van der Waals surface area contributed by atoms with Crippen LogP contribution in [0, 0.1) is 5.92 Å². The zero-order valence-corrected chi connectivity index (χ0v) is 19.8. The smallest absolute Gasteiger partial charge is 0.308 e. The van der Waals surface area contributed by atoms with Crippen LogP contribution < -0.4 is 19.6 Å². The van der Waals surface area contributed by atoms with Crippen molar-refractivity contribution in [1.82, 2.24) is 0 Å². The Hall–Kier alpha value is -3.23. The zero-order chi connectivity index (χ0) is 24.2. The molecule has 0 N–H and O–H groups in total. The maximum atomic E-state index is 12.6. The molecule has 0 spiro atoms. The highest BCUT2D eigenvalue weighted by Gasteiger charge is 2.35. The lowest BCUT2D eigenvalue weighted by atomic mass is 9.82. The van der Waals surface area contributed by atoms with Crippen molar-refractivity contribution in [2.45, 2.75) is 18.9 Å². The third kappa shape index (κ3) is 4.83. The molecule has 1 fully saturated rings. The van der Waals surface area contributed by atoms with Gasteiger partial charge in [0.15, 0.2) is 22.5 Å². The molecule has 0 unspecified atom stereocenters. The molecule has 1 heterocycles. The molecule has 0 atom stereocenters. The molecule has 2 aromatic carbocycles. The minimum Gasteiger partial charge on any atom is -0.493 e. The van der Waals surface area contributed by atoms with Gasteiger partial charge in [-0.15, -0.1) is 0 Å². The largest absolute Gasteiger partial charge is 0.493 e. The Morgan fingerprint density at radius 3 is 2.53 bits per heavy atom. The number of para-hydroxylation sites is 1. The predicted octanol–water partition coefficient (Wildman–Crippen LogP) is 4.48. The van der Waals surface area contributed by atoms with Crippen molar-refractivity contribution in [3.05, 3.63) is 51.6 Å². The van der Waals surface area contributed by atoms with Crippen molar-refractivity contribution in [2.24, 2.45) is 5.92 Å². The zero-order valence-electron chi connectivity index (χ0n) is 19.1. The predicted molar refractivity (Wildman–Crippen MR) is 126 cm³/mol. The van der Waals surface area contributed by atoms with E-state index in [0.717, 1.165) is 0 Å². The number of carbonyl (C=O) groups excluding carboxylic acids is 1. The maximum absolute atomic E-state index is 12.6. The van der Waals surface area contributed by atoms with Crippen LogP contribution in [-0.2, 0) is 14.3 Å². The Kier molecular flexibility index (Phi) is 7.29. The number of rotatable bonds is 9. The fourth-order valence-electron chi connectivity index (χ4n) is 3.89. The van der Waals surface area contributed by atoms with Crippen LogP contribution in [0.5, 0.6) is 17.2 Å². The van der Waals surface area contributed by atoms with Gasteiger partial charge in [0, 0.05) is 11.6 Å². The maximum Gasteiger partial charge on any atom is 0.308 e. The minimum atomic E-state index is -0.213. The number of benzene rings is 2. The van der Waals surface area contributed by atoms with Crippen LogP contribution in [0.25, 0.3) is 22.3 Å². The fraction of sp³-hybridized carbons (Fsp3) is 0.360. The van der Waals surface area contributed by atoms with Crippen molar-refractivity contribution >= 4 is 28.5 Å². The molecule has 8 nitrogen and oxygen atoms in total. The van der Waals surface area contributed by atoms with Gasteiger partial charge in [0.05, 0.1) is 50.4 Å². The van der Waals surface area contributed by atoms with Crippen LogP contribution in [0.3, 0.4) is 0 Å². The Labute approximate surface area is 201 Å². The number of methoxy groups -OCH3 is 3. The van der Waals surface area contributed by atoms with Gasteiger partial charge in [-0.25, -0.2) is 0 Å². The number of ether oxygens (including phenoxy) is 5. The van der Waals surface area contributed by atoms with Crippen LogP contribution in [0.1, 0.15) is 12.8 Å². The molecule has 9 heteroatoms. The quantitative estimate of drug-likeness (QED) is 0.321. The van der Waals surface area contributed by atoms with E-state index in [0.29, 0.717) is 64.0 Å². The molecule has 1 saturated carbocycles. The summed E-state index contributed by atoms with van der Waals surface area (Å²) in [4.78, 5) is 24.1. The second kappa shape index (κ2) is 10.4. The first kappa shape index (κ1) is 23.9. The van der Waals surface area contributed by atoms with Crippen molar-refractivity contribution < 1.29 is 32.9 Å². The lowest BCUT2D eigenvalue weighted by Gasteiger charge is -2.32. The van der Waals surface area contributed by atoms with E-state index in [1.165, 1.54) is 27.4 Å². The molecule has 0 aliphatic heterocycles. The van der Waals surface area contributed by atoms with Gasteiger partial charge in [0.2, 0.25) is 5.75 Å². The molecule has 3 aromatic rings. The molecule has 1 aromatic heterocycles. The standard InChI is InChI=1S/C25H25ClO8/c1-29-21-11-14(20-13-19(27)17-5-4-6-18(26)23(17)34-20)12-22(24(21)30-2)33-8-7-32-16-9-15(10-16)25(28)31-3/h4-6,11-13,15-16H,7-10H2,1-3H3. The molecule has 180 valence electrons. The van der Waals surface area contributed by atoms with E-state index in [1.54, 1.807) is 30.3 Å². The van der Waals surface area contributed by atoms with Gasteiger partial charge in [-0.3, -0.25) is 9.59 Å². The second-order valence-corrected chi connectivity index (χ2v) is 8.24. The highest BCUT2D eigenvalue weighted by molar-refractivity contribution is 6.34. The molecule has 0 saturated heterocycles. The number of hydrogen-bond acceptors (Lipinski definition) is 8. The van der Waals surface area contributed by atoms with Gasteiger partial charge in [0.25, 0.3) is 0 Å². The van der Waals surface area contributed by atoms with Crippen molar-refractivity contribution in [3.63, 3.8) is 0 Å². The van der Waals surface area contributed by atoms with E-state index in [9.17, 15) is 9.59 Å². The Morgan fingerprint density at radius 1 is 1.06 bits per heavy atom. The van der Waals surface area contributed by atoms with Crippen molar-refractivity contribution in [2.75, 3.05) is 34.5 Å². The topological polar surface area (TPSA) is 93.4 Å². The second-order valence-electron chi connectivity index (χ2n) is 7.83. The van der Waals surface area contributed by atoms with Gasteiger partial charge in [-0.2, -0.15) is 0 Å². The van der Waals surface area contributed by atoms with Crippen molar-refractivity contribution in [3.8, 4) is 28.6 Å². The van der Waals surface area contributed by atoms with E-state index < -0.39 is 0 Å².